The van der Waals surface area contributed by atoms with Crippen LogP contribution in [0.3, 0.4) is 0 Å². The van der Waals surface area contributed by atoms with E-state index in [0.717, 1.165) is 0 Å². The molecule has 0 spiro atoms. The summed E-state index contributed by atoms with van der Waals surface area (Å²) in [6, 6.07) is 5.08. The van der Waals surface area contributed by atoms with E-state index in [4.69, 9.17) is 21.7 Å². The minimum absolute atomic E-state index is 0.0556. The molecule has 0 bridgehead atoms. The van der Waals surface area contributed by atoms with E-state index in [2.05, 4.69) is 4.98 Å². The van der Waals surface area contributed by atoms with Gasteiger partial charge in [-0.1, -0.05) is 17.7 Å². The number of ether oxygens (including phenoxy) is 1. The summed E-state index contributed by atoms with van der Waals surface area (Å²) in [6.45, 7) is 2.28. The van der Waals surface area contributed by atoms with Gasteiger partial charge in [0, 0.05) is 0 Å². The van der Waals surface area contributed by atoms with Gasteiger partial charge < -0.3 is 4.74 Å². The van der Waals surface area contributed by atoms with E-state index in [0.29, 0.717) is 17.5 Å². The van der Waals surface area contributed by atoms with Gasteiger partial charge in [-0.15, -0.1) is 0 Å². The molecule has 0 aliphatic rings. The van der Waals surface area contributed by atoms with Crippen LogP contribution in [0, 0.1) is 5.41 Å². The normalized spacial score (nSPS) is 9.50. The number of nitrogens with one attached hydrogen (secondary N) is 1. The summed E-state index contributed by atoms with van der Waals surface area (Å²) < 4.78 is 4.95. The molecular weight excluding hydrogens is 176 g/mol. The number of hydrogen-bond donors (Lipinski definition) is 1. The highest BCUT2D eigenvalue weighted by atomic mass is 35.5. The van der Waals surface area contributed by atoms with Crippen molar-refractivity contribution in [2.45, 2.75) is 6.92 Å². The lowest BCUT2D eigenvalue weighted by Gasteiger charge is -2.02. The van der Waals surface area contributed by atoms with Crippen molar-refractivity contribution in [1.82, 2.24) is 4.98 Å². The van der Waals surface area contributed by atoms with Gasteiger partial charge in [0.25, 0.3) is 0 Å². The molecule has 0 unspecified atom stereocenters. The van der Waals surface area contributed by atoms with E-state index in [9.17, 15) is 0 Å². The zero-order chi connectivity index (χ0) is 8.97. The van der Waals surface area contributed by atoms with Gasteiger partial charge in [-0.2, -0.15) is 0 Å². The summed E-state index contributed by atoms with van der Waals surface area (Å²) in [5.74, 6) is 0.0556. The molecule has 0 atom stereocenters. The first-order valence-electron chi connectivity index (χ1n) is 3.58. The van der Waals surface area contributed by atoms with Crippen LogP contribution in [0.5, 0.6) is 0 Å². The van der Waals surface area contributed by atoms with Gasteiger partial charge in [0.15, 0.2) is 0 Å². The maximum absolute atomic E-state index is 7.38. The molecule has 64 valence electrons. The SMILES string of the molecule is CCOC(=N)c1cccc(Cl)n1. The van der Waals surface area contributed by atoms with Gasteiger partial charge in [-0.05, 0) is 19.1 Å². The second-order valence-corrected chi connectivity index (χ2v) is 2.49. The molecule has 4 heteroatoms. The van der Waals surface area contributed by atoms with Crippen molar-refractivity contribution in [3.63, 3.8) is 0 Å². The lowest BCUT2D eigenvalue weighted by atomic mass is 10.3. The molecule has 0 saturated heterocycles. The highest BCUT2D eigenvalue weighted by molar-refractivity contribution is 6.29. The average Bonchev–Trinajstić information content (AvgIpc) is 2.05. The molecule has 0 aliphatic heterocycles. The Bertz CT molecular complexity index is 288. The van der Waals surface area contributed by atoms with Crippen LogP contribution < -0.4 is 0 Å². The third kappa shape index (κ3) is 2.20. The quantitative estimate of drug-likeness (QED) is 0.435. The van der Waals surface area contributed by atoms with E-state index in [-0.39, 0.29) is 5.90 Å². The van der Waals surface area contributed by atoms with Gasteiger partial charge in [0.1, 0.15) is 10.8 Å². The summed E-state index contributed by atoms with van der Waals surface area (Å²) in [5.41, 5.74) is 0.462. The summed E-state index contributed by atoms with van der Waals surface area (Å²) in [6.07, 6.45) is 0. The molecule has 0 amide bonds. The predicted molar refractivity (Wildman–Crippen MR) is 47.7 cm³/mol. The molecule has 1 heterocycles. The molecule has 0 fully saturated rings. The summed E-state index contributed by atoms with van der Waals surface area (Å²) in [4.78, 5) is 3.91. The molecule has 3 nitrogen and oxygen atoms in total. The van der Waals surface area contributed by atoms with Crippen molar-refractivity contribution < 1.29 is 4.74 Å². The Morgan fingerprint density at radius 3 is 3.00 bits per heavy atom. The Kier molecular flexibility index (Phi) is 3.05. The van der Waals surface area contributed by atoms with Crippen molar-refractivity contribution in [3.8, 4) is 0 Å². The van der Waals surface area contributed by atoms with Gasteiger partial charge >= 0.3 is 0 Å². The lowest BCUT2D eigenvalue weighted by molar-refractivity contribution is 0.324. The van der Waals surface area contributed by atoms with E-state index in [1.807, 2.05) is 6.92 Å². The third-order valence-electron chi connectivity index (χ3n) is 1.24. The number of halogens is 1. The van der Waals surface area contributed by atoms with Crippen LogP contribution in [0.15, 0.2) is 18.2 Å². The Labute approximate surface area is 75.8 Å². The monoisotopic (exact) mass is 184 g/mol. The largest absolute Gasteiger partial charge is 0.477 e. The maximum Gasteiger partial charge on any atom is 0.232 e. The maximum atomic E-state index is 7.38. The molecule has 0 saturated carbocycles. The topological polar surface area (TPSA) is 46.0 Å². The fourth-order valence-corrected chi connectivity index (χ4v) is 0.917. The first-order valence-corrected chi connectivity index (χ1v) is 3.96. The van der Waals surface area contributed by atoms with Gasteiger partial charge in [0.2, 0.25) is 5.90 Å². The molecular formula is C8H9ClN2O. The van der Waals surface area contributed by atoms with Crippen molar-refractivity contribution in [3.05, 3.63) is 29.0 Å². The van der Waals surface area contributed by atoms with Gasteiger partial charge in [0.05, 0.1) is 6.61 Å². The third-order valence-corrected chi connectivity index (χ3v) is 1.45. The lowest BCUT2D eigenvalue weighted by Crippen LogP contribution is -2.06. The molecule has 12 heavy (non-hydrogen) atoms. The first-order chi connectivity index (χ1) is 5.74. The molecule has 0 radical (unpaired) electrons. The molecule has 1 N–H and O–H groups in total. The highest BCUT2D eigenvalue weighted by Gasteiger charge is 2.02. The zero-order valence-corrected chi connectivity index (χ0v) is 7.43. The number of nitrogens with zero attached hydrogens (tertiary/aromatic N) is 1. The van der Waals surface area contributed by atoms with Crippen LogP contribution in [-0.4, -0.2) is 17.5 Å². The highest BCUT2D eigenvalue weighted by Crippen LogP contribution is 2.05. The van der Waals surface area contributed by atoms with Crippen LogP contribution in [-0.2, 0) is 4.74 Å². The fraction of sp³-hybridized carbons (Fsp3) is 0.250. The van der Waals surface area contributed by atoms with Crippen LogP contribution >= 0.6 is 11.6 Å². The van der Waals surface area contributed by atoms with Crippen molar-refractivity contribution in [2.75, 3.05) is 6.61 Å². The van der Waals surface area contributed by atoms with E-state index < -0.39 is 0 Å². The van der Waals surface area contributed by atoms with Crippen LogP contribution in [0.4, 0.5) is 0 Å². The number of pyridine rings is 1. The Morgan fingerprint density at radius 2 is 2.42 bits per heavy atom. The number of rotatable bonds is 2. The second-order valence-electron chi connectivity index (χ2n) is 2.11. The van der Waals surface area contributed by atoms with Crippen LogP contribution in [0.1, 0.15) is 12.6 Å². The second kappa shape index (κ2) is 4.07. The van der Waals surface area contributed by atoms with Crippen molar-refractivity contribution in [2.24, 2.45) is 0 Å². The Morgan fingerprint density at radius 1 is 1.67 bits per heavy atom. The number of aromatic nitrogens is 1. The minimum atomic E-state index is 0.0556. The molecule has 0 aromatic carbocycles. The number of hydrogen-bond acceptors (Lipinski definition) is 3. The van der Waals surface area contributed by atoms with Crippen LogP contribution in [0.2, 0.25) is 5.15 Å². The molecule has 1 aromatic rings. The smallest absolute Gasteiger partial charge is 0.232 e. The van der Waals surface area contributed by atoms with Crippen LogP contribution in [0.25, 0.3) is 0 Å². The summed E-state index contributed by atoms with van der Waals surface area (Å²) in [5, 5.41) is 7.76. The van der Waals surface area contributed by atoms with E-state index in [1.54, 1.807) is 18.2 Å². The molecule has 1 rings (SSSR count). The van der Waals surface area contributed by atoms with Gasteiger partial charge in [-0.3, -0.25) is 5.41 Å². The predicted octanol–water partition coefficient (Wildman–Crippen LogP) is 2.10. The standard InChI is InChI=1S/C8H9ClN2O/c1-2-12-8(10)6-4-3-5-7(9)11-6/h3-5,10H,2H2,1H3. The Hall–Kier alpha value is -1.09. The van der Waals surface area contributed by atoms with E-state index in [1.165, 1.54) is 0 Å². The average molecular weight is 185 g/mol. The Balaban J connectivity index is 2.81. The minimum Gasteiger partial charge on any atom is -0.477 e. The van der Waals surface area contributed by atoms with Crippen molar-refractivity contribution >= 4 is 17.5 Å². The summed E-state index contributed by atoms with van der Waals surface area (Å²) in [7, 11) is 0. The van der Waals surface area contributed by atoms with E-state index >= 15 is 0 Å². The zero-order valence-electron chi connectivity index (χ0n) is 6.67. The summed E-state index contributed by atoms with van der Waals surface area (Å²) >= 11 is 5.63. The fourth-order valence-electron chi connectivity index (χ4n) is 0.753. The van der Waals surface area contributed by atoms with Crippen molar-refractivity contribution in [1.29, 1.82) is 5.41 Å². The first kappa shape index (κ1) is 9.00. The van der Waals surface area contributed by atoms with Gasteiger partial charge in [-0.25, -0.2) is 4.98 Å². The molecule has 0 aliphatic carbocycles. The molecule has 1 aromatic heterocycles.